The highest BCUT2D eigenvalue weighted by Crippen LogP contribution is 2.36. The maximum Gasteiger partial charge on any atom is 0.312 e. The molecule has 1 atom stereocenters. The number of thioether (sulfide) groups is 1. The van der Waals surface area contributed by atoms with Crippen LogP contribution in [0.15, 0.2) is 22.7 Å². The molecule has 2 rings (SSSR count). The number of rotatable bonds is 4. The summed E-state index contributed by atoms with van der Waals surface area (Å²) in [5.41, 5.74) is 7.61. The van der Waals surface area contributed by atoms with Crippen molar-refractivity contribution in [2.45, 2.75) is 24.7 Å². The lowest BCUT2D eigenvalue weighted by atomic mass is 9.90. The van der Waals surface area contributed by atoms with Crippen molar-refractivity contribution in [2.75, 3.05) is 18.1 Å². The molecule has 0 amide bonds. The lowest BCUT2D eigenvalue weighted by Gasteiger charge is -2.23. The summed E-state index contributed by atoms with van der Waals surface area (Å²) in [5, 5.41) is 9.14. The van der Waals surface area contributed by atoms with Crippen LogP contribution in [0.1, 0.15) is 35.8 Å². The molecule has 0 aromatic heterocycles. The summed E-state index contributed by atoms with van der Waals surface area (Å²) in [6.07, 6.45) is 2.39. The van der Waals surface area contributed by atoms with Gasteiger partial charge in [0.05, 0.1) is 5.92 Å². The topological polar surface area (TPSA) is 63.3 Å². The van der Waals surface area contributed by atoms with Gasteiger partial charge in [-0.2, -0.15) is 11.8 Å². The fourth-order valence-electron chi connectivity index (χ4n) is 2.48. The average Bonchev–Trinajstić information content (AvgIpc) is 2.40. The molecule has 1 aliphatic rings. The summed E-state index contributed by atoms with van der Waals surface area (Å²) in [6, 6.07) is 5.89. The molecule has 19 heavy (non-hydrogen) atoms. The minimum Gasteiger partial charge on any atom is -0.481 e. The van der Waals surface area contributed by atoms with Gasteiger partial charge in [0.15, 0.2) is 0 Å². The molecule has 1 heterocycles. The Bertz CT molecular complexity index is 461. The first-order valence-electron chi connectivity index (χ1n) is 6.43. The highest BCUT2D eigenvalue weighted by atomic mass is 79.9. The molecular weight excluding hydrogens is 326 g/mol. The number of benzene rings is 1. The molecule has 0 aliphatic carbocycles. The van der Waals surface area contributed by atoms with Gasteiger partial charge < -0.3 is 10.8 Å². The van der Waals surface area contributed by atoms with E-state index in [2.05, 4.69) is 22.0 Å². The van der Waals surface area contributed by atoms with Crippen molar-refractivity contribution in [3.63, 3.8) is 0 Å². The third-order valence-electron chi connectivity index (χ3n) is 3.62. The number of carboxylic acid groups (broad SMARTS) is 1. The van der Waals surface area contributed by atoms with Crippen molar-refractivity contribution in [3.05, 3.63) is 33.8 Å². The minimum atomic E-state index is -0.865. The average molecular weight is 344 g/mol. The molecule has 0 spiro atoms. The Balaban J connectivity index is 2.23. The van der Waals surface area contributed by atoms with Crippen LogP contribution in [0.5, 0.6) is 0 Å². The molecule has 1 aromatic carbocycles. The predicted molar refractivity (Wildman–Crippen MR) is 82.9 cm³/mol. The Labute approximate surface area is 126 Å². The van der Waals surface area contributed by atoms with Crippen LogP contribution in [0.4, 0.5) is 0 Å². The van der Waals surface area contributed by atoms with E-state index < -0.39 is 11.9 Å². The van der Waals surface area contributed by atoms with Crippen LogP contribution in [0.25, 0.3) is 0 Å². The summed E-state index contributed by atoms with van der Waals surface area (Å²) in [4.78, 5) is 11.1. The molecule has 1 unspecified atom stereocenters. The standard InChI is InChI=1S/C14H18BrNO2S/c15-13-7-10(12(8-16)14(17)18)1-2-11(13)9-3-5-19-6-4-9/h1-2,7,9,12H,3-6,8,16H2,(H,17,18). The number of nitrogens with two attached hydrogens (primary N) is 1. The predicted octanol–water partition coefficient (Wildman–Crippen LogP) is 3.19. The molecule has 0 radical (unpaired) electrons. The van der Waals surface area contributed by atoms with Gasteiger partial charge >= 0.3 is 5.97 Å². The SMILES string of the molecule is NCC(C(=O)O)c1ccc(C2CCSCC2)c(Br)c1. The van der Waals surface area contributed by atoms with Gasteiger partial charge in [0, 0.05) is 11.0 Å². The molecule has 1 aliphatic heterocycles. The van der Waals surface area contributed by atoms with Crippen molar-refractivity contribution < 1.29 is 9.90 Å². The molecule has 0 saturated carbocycles. The Kier molecular flexibility index (Phi) is 5.30. The van der Waals surface area contributed by atoms with E-state index in [1.807, 2.05) is 23.9 Å². The van der Waals surface area contributed by atoms with Gasteiger partial charge in [0.25, 0.3) is 0 Å². The first kappa shape index (κ1) is 14.9. The van der Waals surface area contributed by atoms with E-state index in [1.165, 1.54) is 29.9 Å². The fraction of sp³-hybridized carbons (Fsp3) is 0.500. The van der Waals surface area contributed by atoms with E-state index in [-0.39, 0.29) is 6.54 Å². The van der Waals surface area contributed by atoms with E-state index in [0.717, 1.165) is 10.0 Å². The first-order chi connectivity index (χ1) is 9.13. The van der Waals surface area contributed by atoms with Crippen molar-refractivity contribution in [3.8, 4) is 0 Å². The zero-order chi connectivity index (χ0) is 13.8. The zero-order valence-electron chi connectivity index (χ0n) is 10.6. The van der Waals surface area contributed by atoms with Gasteiger partial charge in [-0.3, -0.25) is 4.79 Å². The Morgan fingerprint density at radius 3 is 2.68 bits per heavy atom. The molecule has 1 aromatic rings. The van der Waals surface area contributed by atoms with Crippen LogP contribution < -0.4 is 5.73 Å². The first-order valence-corrected chi connectivity index (χ1v) is 8.38. The highest BCUT2D eigenvalue weighted by Gasteiger charge is 2.22. The third kappa shape index (κ3) is 3.52. The number of carbonyl (C=O) groups is 1. The van der Waals surface area contributed by atoms with Gasteiger partial charge in [0.2, 0.25) is 0 Å². The van der Waals surface area contributed by atoms with E-state index >= 15 is 0 Å². The summed E-state index contributed by atoms with van der Waals surface area (Å²) >= 11 is 5.59. The van der Waals surface area contributed by atoms with Crippen molar-refractivity contribution in [1.29, 1.82) is 0 Å². The second kappa shape index (κ2) is 6.77. The van der Waals surface area contributed by atoms with Gasteiger partial charge in [0.1, 0.15) is 0 Å². The lowest BCUT2D eigenvalue weighted by Crippen LogP contribution is -2.21. The van der Waals surface area contributed by atoms with Crippen LogP contribution in [0.3, 0.4) is 0 Å². The largest absolute Gasteiger partial charge is 0.481 e. The molecular formula is C14H18BrNO2S. The van der Waals surface area contributed by atoms with E-state index in [1.54, 1.807) is 0 Å². The van der Waals surface area contributed by atoms with Crippen LogP contribution in [-0.4, -0.2) is 29.1 Å². The van der Waals surface area contributed by atoms with E-state index in [4.69, 9.17) is 10.8 Å². The van der Waals surface area contributed by atoms with Crippen LogP contribution in [-0.2, 0) is 4.79 Å². The zero-order valence-corrected chi connectivity index (χ0v) is 13.0. The quantitative estimate of drug-likeness (QED) is 0.881. The number of hydrogen-bond donors (Lipinski definition) is 2. The molecule has 3 N–H and O–H groups in total. The van der Waals surface area contributed by atoms with E-state index in [9.17, 15) is 4.79 Å². The van der Waals surface area contributed by atoms with Crippen LogP contribution in [0.2, 0.25) is 0 Å². The number of carboxylic acids is 1. The summed E-state index contributed by atoms with van der Waals surface area (Å²) < 4.78 is 1.02. The smallest absolute Gasteiger partial charge is 0.312 e. The number of hydrogen-bond acceptors (Lipinski definition) is 3. The Morgan fingerprint density at radius 1 is 1.47 bits per heavy atom. The maximum atomic E-state index is 11.1. The number of halogens is 1. The molecule has 1 saturated heterocycles. The monoisotopic (exact) mass is 343 g/mol. The van der Waals surface area contributed by atoms with Crippen LogP contribution in [0, 0.1) is 0 Å². The van der Waals surface area contributed by atoms with Gasteiger partial charge in [-0.15, -0.1) is 0 Å². The van der Waals surface area contributed by atoms with Gasteiger partial charge in [-0.25, -0.2) is 0 Å². The molecule has 104 valence electrons. The summed E-state index contributed by atoms with van der Waals surface area (Å²) in [7, 11) is 0. The van der Waals surface area contributed by atoms with Crippen molar-refractivity contribution in [1.82, 2.24) is 0 Å². The Hall–Kier alpha value is -0.520. The molecule has 5 heteroatoms. The Morgan fingerprint density at radius 2 is 2.16 bits per heavy atom. The van der Waals surface area contributed by atoms with Crippen LogP contribution >= 0.6 is 27.7 Å². The number of aliphatic carboxylic acids is 1. The molecule has 0 bridgehead atoms. The lowest BCUT2D eigenvalue weighted by molar-refractivity contribution is -0.138. The highest BCUT2D eigenvalue weighted by molar-refractivity contribution is 9.10. The van der Waals surface area contributed by atoms with Crippen molar-refractivity contribution >= 4 is 33.7 Å². The third-order valence-corrected chi connectivity index (χ3v) is 5.36. The second-order valence-corrected chi connectivity index (χ2v) is 6.87. The normalized spacial score (nSPS) is 18.2. The fourth-order valence-corrected chi connectivity index (χ4v) is 4.31. The summed E-state index contributed by atoms with van der Waals surface area (Å²) in [6.45, 7) is 0.126. The summed E-state index contributed by atoms with van der Waals surface area (Å²) in [5.74, 6) is 1.52. The van der Waals surface area contributed by atoms with E-state index in [0.29, 0.717) is 5.92 Å². The maximum absolute atomic E-state index is 11.1. The minimum absolute atomic E-state index is 0.126. The molecule has 1 fully saturated rings. The second-order valence-electron chi connectivity index (χ2n) is 4.79. The van der Waals surface area contributed by atoms with Crippen molar-refractivity contribution in [2.24, 2.45) is 5.73 Å². The van der Waals surface area contributed by atoms with Gasteiger partial charge in [-0.1, -0.05) is 28.1 Å². The molecule has 3 nitrogen and oxygen atoms in total. The van der Waals surface area contributed by atoms with Gasteiger partial charge in [-0.05, 0) is 47.5 Å².